The summed E-state index contributed by atoms with van der Waals surface area (Å²) in [4.78, 5) is 9.67. The van der Waals surface area contributed by atoms with E-state index in [0.717, 1.165) is 12.2 Å². The molecule has 0 aromatic heterocycles. The van der Waals surface area contributed by atoms with Crippen LogP contribution in [-0.4, -0.2) is 6.47 Å². The lowest BCUT2D eigenvalue weighted by Gasteiger charge is -1.92. The quantitative estimate of drug-likeness (QED) is 0.496. The Balaban J connectivity index is 2.39. The van der Waals surface area contributed by atoms with Crippen LogP contribution < -0.4 is 0 Å². The van der Waals surface area contributed by atoms with Crippen LogP contribution in [-0.2, 0) is 9.53 Å². The van der Waals surface area contributed by atoms with Gasteiger partial charge in [0, 0.05) is 6.42 Å². The first kappa shape index (κ1) is 5.09. The van der Waals surface area contributed by atoms with Crippen LogP contribution in [0.2, 0.25) is 0 Å². The fourth-order valence-corrected chi connectivity index (χ4v) is 0.577. The summed E-state index contributed by atoms with van der Waals surface area (Å²) in [5, 5.41) is 0. The number of ether oxygens (including phenoxy) is 1. The summed E-state index contributed by atoms with van der Waals surface area (Å²) in [6.45, 7) is 0.443. The van der Waals surface area contributed by atoms with Gasteiger partial charge in [-0.3, -0.25) is 4.79 Å². The Labute approximate surface area is 47.5 Å². The predicted octanol–water partition coefficient (Wildman–Crippen LogP) is 1.00. The van der Waals surface area contributed by atoms with Gasteiger partial charge in [0.25, 0.3) is 6.47 Å². The van der Waals surface area contributed by atoms with Crippen molar-refractivity contribution in [2.45, 2.75) is 6.42 Å². The third-order valence-electron chi connectivity index (χ3n) is 0.937. The van der Waals surface area contributed by atoms with E-state index in [-0.39, 0.29) is 0 Å². The molecular weight excluding hydrogens is 104 g/mol. The van der Waals surface area contributed by atoms with Crippen molar-refractivity contribution in [1.82, 2.24) is 0 Å². The molecule has 0 spiro atoms. The van der Waals surface area contributed by atoms with Crippen LogP contribution in [0.15, 0.2) is 24.0 Å². The summed E-state index contributed by atoms with van der Waals surface area (Å²) >= 11 is 0. The van der Waals surface area contributed by atoms with Crippen LogP contribution in [0.1, 0.15) is 6.42 Å². The highest BCUT2D eigenvalue weighted by Gasteiger charge is 1.96. The molecule has 0 radical (unpaired) electrons. The lowest BCUT2D eigenvalue weighted by molar-refractivity contribution is -0.125. The molecule has 1 aliphatic rings. The van der Waals surface area contributed by atoms with Crippen LogP contribution in [0, 0.1) is 0 Å². The lowest BCUT2D eigenvalue weighted by atomic mass is 10.4. The average molecular weight is 110 g/mol. The highest BCUT2D eigenvalue weighted by atomic mass is 16.5. The molecule has 0 saturated heterocycles. The molecule has 0 aromatic carbocycles. The van der Waals surface area contributed by atoms with Crippen LogP contribution in [0.5, 0.6) is 0 Å². The first-order valence-electron chi connectivity index (χ1n) is 2.39. The Bertz CT molecular complexity index is 145. The number of rotatable bonds is 2. The van der Waals surface area contributed by atoms with Gasteiger partial charge in [-0.2, -0.15) is 0 Å². The number of carbonyl (C=O) groups is 1. The van der Waals surface area contributed by atoms with Crippen LogP contribution in [0.25, 0.3) is 0 Å². The standard InChI is InChI=1S/C6H6O2/c7-5-8-6-3-1-2-4-6/h1-3,5H,4H2. The third-order valence-corrected chi connectivity index (χ3v) is 0.937. The van der Waals surface area contributed by atoms with E-state index in [4.69, 9.17) is 0 Å². The number of hydrogen-bond acceptors (Lipinski definition) is 2. The maximum Gasteiger partial charge on any atom is 0.298 e. The zero-order valence-electron chi connectivity index (χ0n) is 4.33. The molecular formula is C6H6O2. The van der Waals surface area contributed by atoms with E-state index in [1.165, 1.54) is 0 Å². The number of allylic oxidation sites excluding steroid dienone is 3. The molecule has 0 unspecified atom stereocenters. The minimum Gasteiger partial charge on any atom is -0.433 e. The van der Waals surface area contributed by atoms with Crippen LogP contribution in [0.4, 0.5) is 0 Å². The molecule has 2 heteroatoms. The normalized spacial score (nSPS) is 15.8. The topological polar surface area (TPSA) is 26.3 Å². The van der Waals surface area contributed by atoms with Crippen molar-refractivity contribution in [2.24, 2.45) is 0 Å². The molecule has 0 amide bonds. The van der Waals surface area contributed by atoms with Gasteiger partial charge < -0.3 is 4.74 Å². The molecule has 1 aliphatic carbocycles. The molecule has 2 nitrogen and oxygen atoms in total. The molecule has 0 bridgehead atoms. The maximum atomic E-state index is 9.67. The first-order chi connectivity index (χ1) is 3.93. The average Bonchev–Trinajstić information content (AvgIpc) is 2.19. The monoisotopic (exact) mass is 110 g/mol. The van der Waals surface area contributed by atoms with Gasteiger partial charge in [-0.15, -0.1) is 0 Å². The van der Waals surface area contributed by atoms with E-state index in [1.807, 2.05) is 12.2 Å². The SMILES string of the molecule is O=COC1=CC=CC1. The Hall–Kier alpha value is -1.05. The first-order valence-corrected chi connectivity index (χ1v) is 2.39. The van der Waals surface area contributed by atoms with Gasteiger partial charge in [-0.05, 0) is 6.08 Å². The molecule has 0 saturated carbocycles. The minimum absolute atomic E-state index is 0.443. The minimum atomic E-state index is 0.443. The third kappa shape index (κ3) is 0.964. The van der Waals surface area contributed by atoms with E-state index in [0.29, 0.717) is 6.47 Å². The molecule has 0 atom stereocenters. The second kappa shape index (κ2) is 2.31. The van der Waals surface area contributed by atoms with Crippen molar-refractivity contribution in [3.05, 3.63) is 24.0 Å². The van der Waals surface area contributed by atoms with Gasteiger partial charge in [0.15, 0.2) is 0 Å². The molecule has 8 heavy (non-hydrogen) atoms. The Morgan fingerprint density at radius 3 is 3.12 bits per heavy atom. The zero-order chi connectivity index (χ0) is 5.82. The van der Waals surface area contributed by atoms with Gasteiger partial charge in [0.05, 0.1) is 0 Å². The smallest absolute Gasteiger partial charge is 0.298 e. The van der Waals surface area contributed by atoms with E-state index in [2.05, 4.69) is 4.74 Å². The van der Waals surface area contributed by atoms with Crippen molar-refractivity contribution in [3.8, 4) is 0 Å². The van der Waals surface area contributed by atoms with Crippen LogP contribution >= 0.6 is 0 Å². The largest absolute Gasteiger partial charge is 0.433 e. The molecule has 0 N–H and O–H groups in total. The van der Waals surface area contributed by atoms with E-state index in [9.17, 15) is 4.79 Å². The fraction of sp³-hybridized carbons (Fsp3) is 0.167. The van der Waals surface area contributed by atoms with Gasteiger partial charge in [0.2, 0.25) is 0 Å². The van der Waals surface area contributed by atoms with E-state index < -0.39 is 0 Å². The fourth-order valence-electron chi connectivity index (χ4n) is 0.577. The van der Waals surface area contributed by atoms with Gasteiger partial charge in [-0.1, -0.05) is 12.2 Å². The Morgan fingerprint density at radius 2 is 2.62 bits per heavy atom. The second-order valence-electron chi connectivity index (χ2n) is 1.48. The Kier molecular flexibility index (Phi) is 1.47. The second-order valence-corrected chi connectivity index (χ2v) is 1.48. The summed E-state index contributed by atoms with van der Waals surface area (Å²) in [5.41, 5.74) is 0. The Morgan fingerprint density at radius 1 is 1.75 bits per heavy atom. The summed E-state index contributed by atoms with van der Waals surface area (Å²) in [6.07, 6.45) is 6.31. The zero-order valence-corrected chi connectivity index (χ0v) is 4.33. The molecule has 42 valence electrons. The van der Waals surface area contributed by atoms with Crippen molar-refractivity contribution in [3.63, 3.8) is 0 Å². The maximum absolute atomic E-state index is 9.67. The van der Waals surface area contributed by atoms with Gasteiger partial charge in [0.1, 0.15) is 5.76 Å². The summed E-state index contributed by atoms with van der Waals surface area (Å²) in [6, 6.07) is 0. The van der Waals surface area contributed by atoms with Gasteiger partial charge in [-0.25, -0.2) is 0 Å². The molecule has 0 fully saturated rings. The lowest BCUT2D eigenvalue weighted by Crippen LogP contribution is -1.83. The van der Waals surface area contributed by atoms with Crippen molar-refractivity contribution in [2.75, 3.05) is 0 Å². The summed E-state index contributed by atoms with van der Waals surface area (Å²) < 4.78 is 4.52. The molecule has 0 aromatic rings. The summed E-state index contributed by atoms with van der Waals surface area (Å²) in [7, 11) is 0. The van der Waals surface area contributed by atoms with Crippen molar-refractivity contribution < 1.29 is 9.53 Å². The molecule has 0 heterocycles. The number of hydrogen-bond donors (Lipinski definition) is 0. The van der Waals surface area contributed by atoms with Crippen LogP contribution in [0.3, 0.4) is 0 Å². The van der Waals surface area contributed by atoms with E-state index >= 15 is 0 Å². The van der Waals surface area contributed by atoms with E-state index in [1.54, 1.807) is 6.08 Å². The van der Waals surface area contributed by atoms with Crippen molar-refractivity contribution >= 4 is 6.47 Å². The molecule has 1 rings (SSSR count). The molecule has 0 aliphatic heterocycles. The summed E-state index contributed by atoms with van der Waals surface area (Å²) in [5.74, 6) is 0.722. The van der Waals surface area contributed by atoms with Gasteiger partial charge >= 0.3 is 0 Å². The highest BCUT2D eigenvalue weighted by Crippen LogP contribution is 2.09. The highest BCUT2D eigenvalue weighted by molar-refractivity contribution is 5.41. The van der Waals surface area contributed by atoms with Crippen molar-refractivity contribution in [1.29, 1.82) is 0 Å². The predicted molar refractivity (Wildman–Crippen MR) is 29.0 cm³/mol. The number of carbonyl (C=O) groups excluding carboxylic acids is 1.